The Morgan fingerprint density at radius 3 is 2.15 bits per heavy atom. The van der Waals surface area contributed by atoms with Crippen molar-refractivity contribution in [1.29, 1.82) is 0 Å². The smallest absolute Gasteiger partial charge is 0.250 e. The molecule has 3 aromatic rings. The molecule has 1 N–H and O–H groups in total. The van der Waals surface area contributed by atoms with Crippen LogP contribution in [0.25, 0.3) is 0 Å². The summed E-state index contributed by atoms with van der Waals surface area (Å²) in [6, 6.07) is 27.9. The van der Waals surface area contributed by atoms with Crippen molar-refractivity contribution in [2.45, 2.75) is 13.2 Å². The third-order valence-electron chi connectivity index (χ3n) is 4.20. The highest BCUT2D eigenvalue weighted by atomic mass is 16.5. The van der Waals surface area contributed by atoms with E-state index >= 15 is 0 Å². The molecule has 0 saturated carbocycles. The Morgan fingerprint density at radius 2 is 1.44 bits per heavy atom. The number of benzene rings is 3. The molecule has 1 amide bonds. The Labute approximate surface area is 160 Å². The van der Waals surface area contributed by atoms with Crippen molar-refractivity contribution in [2.24, 2.45) is 0 Å². The summed E-state index contributed by atoms with van der Waals surface area (Å²) < 4.78 is 5.52. The Bertz CT molecular complexity index is 851. The van der Waals surface area contributed by atoms with Gasteiger partial charge in [0, 0.05) is 13.6 Å². The quantitative estimate of drug-likeness (QED) is 0.644. The molecule has 3 aromatic carbocycles. The summed E-state index contributed by atoms with van der Waals surface area (Å²) in [7, 11) is 2.02. The highest BCUT2D eigenvalue weighted by Crippen LogP contribution is 2.25. The van der Waals surface area contributed by atoms with Gasteiger partial charge >= 0.3 is 0 Å². The maximum atomic E-state index is 12.3. The second kappa shape index (κ2) is 9.55. The molecule has 0 atom stereocenters. The van der Waals surface area contributed by atoms with Crippen molar-refractivity contribution >= 4 is 17.3 Å². The number of hydrogen-bond acceptors (Lipinski definition) is 3. The van der Waals surface area contributed by atoms with E-state index in [0.717, 1.165) is 23.5 Å². The van der Waals surface area contributed by atoms with E-state index in [2.05, 4.69) is 22.3 Å². The van der Waals surface area contributed by atoms with E-state index in [1.54, 1.807) is 0 Å². The normalized spacial score (nSPS) is 10.4. The first-order valence-corrected chi connectivity index (χ1v) is 8.98. The molecule has 0 aromatic heterocycles. The zero-order valence-electron chi connectivity index (χ0n) is 15.5. The molecule has 138 valence electrons. The predicted octanol–water partition coefficient (Wildman–Crippen LogP) is 4.48. The molecule has 4 heteroatoms. The monoisotopic (exact) mass is 360 g/mol. The first kappa shape index (κ1) is 18.7. The molecule has 0 fully saturated rings. The van der Waals surface area contributed by atoms with E-state index in [4.69, 9.17) is 4.74 Å². The van der Waals surface area contributed by atoms with Gasteiger partial charge in [-0.2, -0.15) is 0 Å². The van der Waals surface area contributed by atoms with Gasteiger partial charge < -0.3 is 15.0 Å². The Hall–Kier alpha value is -3.11. The molecule has 0 aliphatic heterocycles. The van der Waals surface area contributed by atoms with Crippen molar-refractivity contribution in [3.8, 4) is 0 Å². The first-order valence-electron chi connectivity index (χ1n) is 8.98. The van der Waals surface area contributed by atoms with Crippen LogP contribution in [0.1, 0.15) is 11.1 Å². The number of nitrogens with one attached hydrogen (secondary N) is 1. The number of carbonyl (C=O) groups is 1. The third kappa shape index (κ3) is 5.69. The summed E-state index contributed by atoms with van der Waals surface area (Å²) in [4.78, 5) is 14.4. The third-order valence-corrected chi connectivity index (χ3v) is 4.20. The van der Waals surface area contributed by atoms with Gasteiger partial charge in [0.1, 0.15) is 6.61 Å². The SMILES string of the molecule is CN(Cc1ccccc1)c1ccccc1NC(=O)COCc1ccccc1. The van der Waals surface area contributed by atoms with Crippen molar-refractivity contribution in [3.63, 3.8) is 0 Å². The lowest BCUT2D eigenvalue weighted by atomic mass is 10.2. The van der Waals surface area contributed by atoms with Crippen molar-refractivity contribution in [3.05, 3.63) is 96.1 Å². The van der Waals surface area contributed by atoms with E-state index in [0.29, 0.717) is 6.61 Å². The minimum atomic E-state index is -0.161. The van der Waals surface area contributed by atoms with E-state index in [9.17, 15) is 4.79 Å². The van der Waals surface area contributed by atoms with Gasteiger partial charge in [0.15, 0.2) is 0 Å². The largest absolute Gasteiger partial charge is 0.369 e. The van der Waals surface area contributed by atoms with Crippen LogP contribution in [0, 0.1) is 0 Å². The Morgan fingerprint density at radius 1 is 0.852 bits per heavy atom. The highest BCUT2D eigenvalue weighted by Gasteiger charge is 2.10. The van der Waals surface area contributed by atoms with Gasteiger partial charge in [-0.3, -0.25) is 4.79 Å². The van der Waals surface area contributed by atoms with Crippen LogP contribution >= 0.6 is 0 Å². The van der Waals surface area contributed by atoms with Crippen LogP contribution in [-0.2, 0) is 22.7 Å². The average Bonchev–Trinajstić information content (AvgIpc) is 2.70. The molecule has 0 aliphatic carbocycles. The molecule has 4 nitrogen and oxygen atoms in total. The molecule has 0 bridgehead atoms. The molecule has 27 heavy (non-hydrogen) atoms. The lowest BCUT2D eigenvalue weighted by Gasteiger charge is -2.22. The summed E-state index contributed by atoms with van der Waals surface area (Å²) in [5, 5.41) is 2.96. The number of nitrogens with zero attached hydrogens (tertiary/aromatic N) is 1. The van der Waals surface area contributed by atoms with Gasteiger partial charge in [0.25, 0.3) is 0 Å². The molecule has 0 saturated heterocycles. The molecule has 3 rings (SSSR count). The summed E-state index contributed by atoms with van der Waals surface area (Å²) in [6.07, 6.45) is 0. The fraction of sp³-hybridized carbons (Fsp3) is 0.174. The summed E-state index contributed by atoms with van der Waals surface area (Å²) in [5.74, 6) is -0.161. The predicted molar refractivity (Wildman–Crippen MR) is 110 cm³/mol. The minimum absolute atomic E-state index is 0.0195. The maximum Gasteiger partial charge on any atom is 0.250 e. The topological polar surface area (TPSA) is 41.6 Å². The molecular weight excluding hydrogens is 336 g/mol. The molecule has 0 aliphatic rings. The van der Waals surface area contributed by atoms with Crippen LogP contribution < -0.4 is 10.2 Å². The van der Waals surface area contributed by atoms with Crippen LogP contribution in [0.3, 0.4) is 0 Å². The number of para-hydroxylation sites is 2. The zero-order chi connectivity index (χ0) is 18.9. The molecule has 0 unspecified atom stereocenters. The van der Waals surface area contributed by atoms with Gasteiger partial charge in [-0.15, -0.1) is 0 Å². The lowest BCUT2D eigenvalue weighted by molar-refractivity contribution is -0.121. The van der Waals surface area contributed by atoms with Gasteiger partial charge in [0.05, 0.1) is 18.0 Å². The Balaban J connectivity index is 1.57. The van der Waals surface area contributed by atoms with Gasteiger partial charge in [-0.05, 0) is 23.3 Å². The van der Waals surface area contributed by atoms with E-state index in [-0.39, 0.29) is 12.5 Å². The van der Waals surface area contributed by atoms with Crippen LogP contribution in [0.15, 0.2) is 84.9 Å². The average molecular weight is 360 g/mol. The number of amides is 1. The van der Waals surface area contributed by atoms with Crippen molar-refractivity contribution in [1.82, 2.24) is 0 Å². The number of carbonyl (C=O) groups excluding carboxylic acids is 1. The van der Waals surface area contributed by atoms with E-state index < -0.39 is 0 Å². The van der Waals surface area contributed by atoms with Crippen LogP contribution in [0.5, 0.6) is 0 Å². The van der Waals surface area contributed by atoms with Crippen molar-refractivity contribution < 1.29 is 9.53 Å². The zero-order valence-corrected chi connectivity index (χ0v) is 15.5. The van der Waals surface area contributed by atoms with Crippen molar-refractivity contribution in [2.75, 3.05) is 23.9 Å². The van der Waals surface area contributed by atoms with Gasteiger partial charge in [-0.25, -0.2) is 0 Å². The van der Waals surface area contributed by atoms with Crippen LogP contribution in [0.4, 0.5) is 11.4 Å². The van der Waals surface area contributed by atoms with E-state index in [1.165, 1.54) is 5.56 Å². The van der Waals surface area contributed by atoms with Crippen LogP contribution in [0.2, 0.25) is 0 Å². The number of hydrogen-bond donors (Lipinski definition) is 1. The number of ether oxygens (including phenoxy) is 1. The standard InChI is InChI=1S/C23H24N2O2/c1-25(16-19-10-4-2-5-11-19)22-15-9-8-14-21(22)24-23(26)18-27-17-20-12-6-3-7-13-20/h2-15H,16-18H2,1H3,(H,24,26). The molecule has 0 spiro atoms. The van der Waals surface area contributed by atoms with Gasteiger partial charge in [0.2, 0.25) is 5.91 Å². The number of anilines is 2. The Kier molecular flexibility index (Phi) is 6.61. The van der Waals surface area contributed by atoms with Gasteiger partial charge in [-0.1, -0.05) is 72.8 Å². The highest BCUT2D eigenvalue weighted by molar-refractivity contribution is 5.95. The second-order valence-electron chi connectivity index (χ2n) is 6.39. The summed E-state index contributed by atoms with van der Waals surface area (Å²) in [6.45, 7) is 1.20. The summed E-state index contributed by atoms with van der Waals surface area (Å²) in [5.41, 5.74) is 4.02. The summed E-state index contributed by atoms with van der Waals surface area (Å²) >= 11 is 0. The van der Waals surface area contributed by atoms with Crippen LogP contribution in [-0.4, -0.2) is 19.6 Å². The van der Waals surface area contributed by atoms with E-state index in [1.807, 2.05) is 79.8 Å². The fourth-order valence-electron chi connectivity index (χ4n) is 2.88. The molecular formula is C23H24N2O2. The lowest BCUT2D eigenvalue weighted by Crippen LogP contribution is -2.22. The maximum absolute atomic E-state index is 12.3. The minimum Gasteiger partial charge on any atom is -0.369 e. The number of rotatable bonds is 8. The molecule has 0 heterocycles. The first-order chi connectivity index (χ1) is 13.2. The fourth-order valence-corrected chi connectivity index (χ4v) is 2.88. The molecule has 0 radical (unpaired) electrons. The second-order valence-corrected chi connectivity index (χ2v) is 6.39.